The van der Waals surface area contributed by atoms with Crippen LogP contribution in [0.5, 0.6) is 5.75 Å². The fourth-order valence-electron chi connectivity index (χ4n) is 4.45. The Kier molecular flexibility index (Phi) is 6.51. The van der Waals surface area contributed by atoms with Crippen molar-refractivity contribution >= 4 is 29.1 Å². The SMILES string of the molecule is O=C(NCC12CCCC(CCC1)C2)c1cc(OCCCCl)ccc1Cl. The monoisotopic (exact) mass is 383 g/mol. The molecule has 0 aliphatic heterocycles. The molecule has 2 aliphatic carbocycles. The van der Waals surface area contributed by atoms with E-state index in [2.05, 4.69) is 5.32 Å². The van der Waals surface area contributed by atoms with E-state index in [0.29, 0.717) is 34.2 Å². The summed E-state index contributed by atoms with van der Waals surface area (Å²) in [6, 6.07) is 5.25. The molecular formula is C20H27Cl2NO2. The number of halogens is 2. The van der Waals surface area contributed by atoms with Crippen LogP contribution in [0.1, 0.15) is 61.7 Å². The average molecular weight is 384 g/mol. The van der Waals surface area contributed by atoms with E-state index in [1.807, 2.05) is 0 Å². The van der Waals surface area contributed by atoms with Crippen LogP contribution in [0.2, 0.25) is 5.02 Å². The van der Waals surface area contributed by atoms with Gasteiger partial charge in [0.1, 0.15) is 5.75 Å². The van der Waals surface area contributed by atoms with Crippen LogP contribution in [0, 0.1) is 11.3 Å². The Bertz CT molecular complexity index is 595. The molecule has 0 heterocycles. The summed E-state index contributed by atoms with van der Waals surface area (Å²) in [4.78, 5) is 12.7. The minimum atomic E-state index is -0.102. The summed E-state index contributed by atoms with van der Waals surface area (Å²) in [5.74, 6) is 1.98. The normalized spacial score (nSPS) is 25.4. The van der Waals surface area contributed by atoms with Crippen LogP contribution >= 0.6 is 23.2 Å². The van der Waals surface area contributed by atoms with Gasteiger partial charge in [0.25, 0.3) is 5.91 Å². The van der Waals surface area contributed by atoms with Crippen LogP contribution in [-0.4, -0.2) is 24.9 Å². The molecule has 2 fully saturated rings. The van der Waals surface area contributed by atoms with Crippen molar-refractivity contribution in [2.75, 3.05) is 19.0 Å². The van der Waals surface area contributed by atoms with E-state index in [0.717, 1.165) is 18.9 Å². The summed E-state index contributed by atoms with van der Waals surface area (Å²) >= 11 is 11.9. The van der Waals surface area contributed by atoms with E-state index >= 15 is 0 Å². The maximum atomic E-state index is 12.7. The molecule has 1 amide bonds. The predicted molar refractivity (Wildman–Crippen MR) is 103 cm³/mol. The van der Waals surface area contributed by atoms with Gasteiger partial charge in [0.15, 0.2) is 0 Å². The zero-order valence-electron chi connectivity index (χ0n) is 14.7. The number of hydrogen-bond donors (Lipinski definition) is 1. The molecule has 2 bridgehead atoms. The molecule has 1 aromatic rings. The molecule has 0 radical (unpaired) electrons. The van der Waals surface area contributed by atoms with Gasteiger partial charge in [-0.15, -0.1) is 11.6 Å². The Morgan fingerprint density at radius 1 is 1.28 bits per heavy atom. The standard InChI is InChI=1S/C20H27Cl2NO2/c21-10-3-11-25-16-6-7-18(22)17(12-16)19(24)23-14-20-8-1-4-15(13-20)5-2-9-20/h6-7,12,15H,1-5,8-11,13-14H2,(H,23,24). The van der Waals surface area contributed by atoms with Gasteiger partial charge >= 0.3 is 0 Å². The van der Waals surface area contributed by atoms with Crippen LogP contribution in [0.15, 0.2) is 18.2 Å². The molecule has 3 nitrogen and oxygen atoms in total. The topological polar surface area (TPSA) is 38.3 Å². The number of fused-ring (bicyclic) bond motifs is 2. The number of nitrogens with one attached hydrogen (secondary N) is 1. The van der Waals surface area contributed by atoms with Crippen molar-refractivity contribution in [3.05, 3.63) is 28.8 Å². The van der Waals surface area contributed by atoms with Crippen LogP contribution in [0.4, 0.5) is 0 Å². The third-order valence-electron chi connectivity index (χ3n) is 5.71. The number of alkyl halides is 1. The lowest BCUT2D eigenvalue weighted by Gasteiger charge is -2.45. The average Bonchev–Trinajstić information content (AvgIpc) is 2.61. The number of amides is 1. The largest absolute Gasteiger partial charge is 0.494 e. The second kappa shape index (κ2) is 8.64. The first-order valence-corrected chi connectivity index (χ1v) is 10.3. The van der Waals surface area contributed by atoms with E-state index in [4.69, 9.17) is 27.9 Å². The molecule has 25 heavy (non-hydrogen) atoms. The quantitative estimate of drug-likeness (QED) is 0.502. The van der Waals surface area contributed by atoms with Crippen molar-refractivity contribution in [2.24, 2.45) is 11.3 Å². The molecule has 0 atom stereocenters. The number of benzene rings is 1. The first kappa shape index (κ1) is 18.8. The van der Waals surface area contributed by atoms with Crippen LogP contribution in [0.3, 0.4) is 0 Å². The second-order valence-corrected chi connectivity index (χ2v) is 8.36. The minimum Gasteiger partial charge on any atom is -0.494 e. The first-order valence-electron chi connectivity index (χ1n) is 9.38. The Labute approximate surface area is 160 Å². The maximum absolute atomic E-state index is 12.7. The molecule has 2 aliphatic rings. The fourth-order valence-corrected chi connectivity index (χ4v) is 4.76. The van der Waals surface area contributed by atoms with Crippen molar-refractivity contribution < 1.29 is 9.53 Å². The highest BCUT2D eigenvalue weighted by Crippen LogP contribution is 2.48. The van der Waals surface area contributed by atoms with Gasteiger partial charge in [-0.05, 0) is 55.2 Å². The Morgan fingerprint density at radius 3 is 2.76 bits per heavy atom. The Balaban J connectivity index is 1.61. The van der Waals surface area contributed by atoms with Crippen LogP contribution < -0.4 is 10.1 Å². The van der Waals surface area contributed by atoms with Crippen molar-refractivity contribution in [1.82, 2.24) is 5.32 Å². The highest BCUT2D eigenvalue weighted by atomic mass is 35.5. The van der Waals surface area contributed by atoms with E-state index < -0.39 is 0 Å². The summed E-state index contributed by atoms with van der Waals surface area (Å²) in [6.45, 7) is 1.30. The number of rotatable bonds is 7. The summed E-state index contributed by atoms with van der Waals surface area (Å²) in [6.07, 6.45) is 9.83. The molecule has 5 heteroatoms. The highest BCUT2D eigenvalue weighted by molar-refractivity contribution is 6.33. The van der Waals surface area contributed by atoms with E-state index in [-0.39, 0.29) is 5.91 Å². The van der Waals surface area contributed by atoms with Crippen LogP contribution in [0.25, 0.3) is 0 Å². The second-order valence-electron chi connectivity index (χ2n) is 7.57. The van der Waals surface area contributed by atoms with Gasteiger partial charge in [-0.3, -0.25) is 4.79 Å². The van der Waals surface area contributed by atoms with Gasteiger partial charge in [-0.2, -0.15) is 0 Å². The van der Waals surface area contributed by atoms with Crippen molar-refractivity contribution in [3.8, 4) is 5.75 Å². The van der Waals surface area contributed by atoms with Crippen LogP contribution in [-0.2, 0) is 0 Å². The molecule has 1 N–H and O–H groups in total. The smallest absolute Gasteiger partial charge is 0.252 e. The number of carbonyl (C=O) groups is 1. The molecule has 0 saturated heterocycles. The summed E-state index contributed by atoms with van der Waals surface area (Å²) in [7, 11) is 0. The molecule has 0 aromatic heterocycles. The van der Waals surface area contributed by atoms with Crippen molar-refractivity contribution in [2.45, 2.75) is 51.4 Å². The van der Waals surface area contributed by atoms with E-state index in [9.17, 15) is 4.79 Å². The van der Waals surface area contributed by atoms with E-state index in [1.165, 1.54) is 44.9 Å². The third-order valence-corrected chi connectivity index (χ3v) is 6.31. The maximum Gasteiger partial charge on any atom is 0.252 e. The van der Waals surface area contributed by atoms with E-state index in [1.54, 1.807) is 18.2 Å². The van der Waals surface area contributed by atoms with Gasteiger partial charge in [-0.1, -0.05) is 37.3 Å². The number of hydrogen-bond acceptors (Lipinski definition) is 2. The van der Waals surface area contributed by atoms with Gasteiger partial charge < -0.3 is 10.1 Å². The summed E-state index contributed by atoms with van der Waals surface area (Å²) in [5, 5.41) is 3.61. The van der Waals surface area contributed by atoms with Crippen molar-refractivity contribution in [1.29, 1.82) is 0 Å². The predicted octanol–water partition coefficient (Wildman–Crippen LogP) is 5.44. The molecule has 138 valence electrons. The van der Waals surface area contributed by atoms with Gasteiger partial charge in [0.2, 0.25) is 0 Å². The molecule has 2 saturated carbocycles. The zero-order chi connectivity index (χ0) is 17.7. The highest BCUT2D eigenvalue weighted by Gasteiger charge is 2.39. The molecule has 0 spiro atoms. The number of ether oxygens (including phenoxy) is 1. The first-order chi connectivity index (χ1) is 12.1. The lowest BCUT2D eigenvalue weighted by Crippen LogP contribution is -2.43. The number of carbonyl (C=O) groups excluding carboxylic acids is 1. The molecule has 3 rings (SSSR count). The fraction of sp³-hybridized carbons (Fsp3) is 0.650. The minimum absolute atomic E-state index is 0.102. The van der Waals surface area contributed by atoms with Gasteiger partial charge in [-0.25, -0.2) is 0 Å². The van der Waals surface area contributed by atoms with Gasteiger partial charge in [0.05, 0.1) is 17.2 Å². The summed E-state index contributed by atoms with van der Waals surface area (Å²) < 4.78 is 5.63. The zero-order valence-corrected chi connectivity index (χ0v) is 16.2. The molecule has 1 aromatic carbocycles. The molecule has 0 unspecified atom stereocenters. The summed E-state index contributed by atoms with van der Waals surface area (Å²) in [5.41, 5.74) is 0.794. The lowest BCUT2D eigenvalue weighted by molar-refractivity contribution is 0.0681. The Morgan fingerprint density at radius 2 is 2.04 bits per heavy atom. The Hall–Kier alpha value is -0.930. The lowest BCUT2D eigenvalue weighted by atomic mass is 9.62. The third kappa shape index (κ3) is 4.83. The van der Waals surface area contributed by atoms with Gasteiger partial charge in [0, 0.05) is 12.4 Å². The molecular weight excluding hydrogens is 357 g/mol. The van der Waals surface area contributed by atoms with Crippen molar-refractivity contribution in [3.63, 3.8) is 0 Å².